The molecule has 1 aromatic rings. The van der Waals surface area contributed by atoms with E-state index >= 15 is 0 Å². The molecule has 4 heteroatoms. The Labute approximate surface area is 106 Å². The summed E-state index contributed by atoms with van der Waals surface area (Å²) < 4.78 is 5.32. The highest BCUT2D eigenvalue weighted by atomic mass is 35.5. The van der Waals surface area contributed by atoms with Gasteiger partial charge in [-0.25, -0.2) is 0 Å². The number of benzene rings is 1. The van der Waals surface area contributed by atoms with Crippen molar-refractivity contribution in [3.63, 3.8) is 0 Å². The number of nitrogens with zero attached hydrogens (tertiary/aromatic N) is 1. The lowest BCUT2D eigenvalue weighted by atomic mass is 10.2. The molecular weight excluding hydrogens is 245 g/mol. The zero-order valence-corrected chi connectivity index (χ0v) is 10.8. The standard InChI is InChI=1S/C12H15Cl2NO/c1-16-12-3-2-10(13)6-9(12)7-15-5-4-11(14)8-15/h2-3,6,11H,4-5,7-8H2,1H3. The third-order valence-electron chi connectivity index (χ3n) is 2.85. The summed E-state index contributed by atoms with van der Waals surface area (Å²) in [5.74, 6) is 0.891. The maximum Gasteiger partial charge on any atom is 0.123 e. The molecule has 1 aromatic carbocycles. The monoisotopic (exact) mass is 259 g/mol. The fraction of sp³-hybridized carbons (Fsp3) is 0.500. The second-order valence-corrected chi connectivity index (χ2v) is 5.13. The number of likely N-dealkylation sites (tertiary alicyclic amines) is 1. The molecule has 0 spiro atoms. The molecule has 16 heavy (non-hydrogen) atoms. The van der Waals surface area contributed by atoms with Gasteiger partial charge in [-0.1, -0.05) is 11.6 Å². The number of hydrogen-bond donors (Lipinski definition) is 0. The van der Waals surface area contributed by atoms with Crippen LogP contribution in [0.3, 0.4) is 0 Å². The molecule has 1 aliphatic heterocycles. The van der Waals surface area contributed by atoms with Crippen LogP contribution in [0.1, 0.15) is 12.0 Å². The fourth-order valence-electron chi connectivity index (χ4n) is 2.04. The minimum atomic E-state index is 0.283. The molecule has 1 atom stereocenters. The Morgan fingerprint density at radius 2 is 2.31 bits per heavy atom. The molecular formula is C12H15Cl2NO. The predicted octanol–water partition coefficient (Wildman–Crippen LogP) is 3.16. The number of alkyl halides is 1. The van der Waals surface area contributed by atoms with E-state index in [2.05, 4.69) is 4.90 Å². The Morgan fingerprint density at radius 1 is 1.50 bits per heavy atom. The topological polar surface area (TPSA) is 12.5 Å². The molecule has 0 aromatic heterocycles. The Balaban J connectivity index is 2.10. The third-order valence-corrected chi connectivity index (χ3v) is 3.44. The molecule has 1 saturated heterocycles. The molecule has 1 heterocycles. The summed E-state index contributed by atoms with van der Waals surface area (Å²) in [5, 5.41) is 1.03. The van der Waals surface area contributed by atoms with Gasteiger partial charge < -0.3 is 4.74 Å². The van der Waals surface area contributed by atoms with Crippen LogP contribution in [0.5, 0.6) is 5.75 Å². The molecule has 0 N–H and O–H groups in total. The van der Waals surface area contributed by atoms with Crippen LogP contribution in [0.15, 0.2) is 18.2 Å². The lowest BCUT2D eigenvalue weighted by Gasteiger charge is -2.17. The van der Waals surface area contributed by atoms with Crippen LogP contribution in [-0.4, -0.2) is 30.5 Å². The number of hydrogen-bond acceptors (Lipinski definition) is 2. The summed E-state index contributed by atoms with van der Waals surface area (Å²) in [6, 6.07) is 5.71. The van der Waals surface area contributed by atoms with Gasteiger partial charge in [0.1, 0.15) is 5.75 Å². The Morgan fingerprint density at radius 3 is 2.94 bits per heavy atom. The van der Waals surface area contributed by atoms with Gasteiger partial charge >= 0.3 is 0 Å². The lowest BCUT2D eigenvalue weighted by molar-refractivity contribution is 0.321. The summed E-state index contributed by atoms with van der Waals surface area (Å²) >= 11 is 12.1. The number of halogens is 2. The summed E-state index contributed by atoms with van der Waals surface area (Å²) in [6.45, 7) is 2.84. The van der Waals surface area contributed by atoms with E-state index in [1.165, 1.54) is 0 Å². The van der Waals surface area contributed by atoms with Crippen LogP contribution in [0.4, 0.5) is 0 Å². The van der Waals surface area contributed by atoms with Crippen molar-refractivity contribution in [2.75, 3.05) is 20.2 Å². The van der Waals surface area contributed by atoms with Crippen LogP contribution in [0.2, 0.25) is 5.02 Å². The van der Waals surface area contributed by atoms with Gasteiger partial charge in [-0.15, -0.1) is 11.6 Å². The highest BCUT2D eigenvalue weighted by Crippen LogP contribution is 2.26. The first-order valence-electron chi connectivity index (χ1n) is 5.38. The molecule has 1 fully saturated rings. The van der Waals surface area contributed by atoms with Crippen LogP contribution in [-0.2, 0) is 6.54 Å². The van der Waals surface area contributed by atoms with Crippen molar-refractivity contribution in [3.05, 3.63) is 28.8 Å². The first-order chi connectivity index (χ1) is 7.69. The molecule has 0 aliphatic carbocycles. The second kappa shape index (κ2) is 5.26. The van der Waals surface area contributed by atoms with Gasteiger partial charge in [0.15, 0.2) is 0 Å². The van der Waals surface area contributed by atoms with Gasteiger partial charge in [0.25, 0.3) is 0 Å². The van der Waals surface area contributed by atoms with Crippen molar-refractivity contribution in [2.45, 2.75) is 18.3 Å². The molecule has 1 aliphatic rings. The fourth-order valence-corrected chi connectivity index (χ4v) is 2.53. The second-order valence-electron chi connectivity index (χ2n) is 4.08. The summed E-state index contributed by atoms with van der Waals surface area (Å²) in [6.07, 6.45) is 1.06. The zero-order valence-electron chi connectivity index (χ0n) is 9.25. The van der Waals surface area contributed by atoms with Crippen LogP contribution >= 0.6 is 23.2 Å². The van der Waals surface area contributed by atoms with Gasteiger partial charge in [0.05, 0.1) is 7.11 Å². The highest BCUT2D eigenvalue weighted by molar-refractivity contribution is 6.30. The average molecular weight is 260 g/mol. The van der Waals surface area contributed by atoms with Crippen molar-refractivity contribution in [1.82, 2.24) is 4.90 Å². The summed E-state index contributed by atoms with van der Waals surface area (Å²) in [4.78, 5) is 2.33. The van der Waals surface area contributed by atoms with E-state index in [-0.39, 0.29) is 5.38 Å². The van der Waals surface area contributed by atoms with Gasteiger partial charge in [-0.3, -0.25) is 4.90 Å². The van der Waals surface area contributed by atoms with E-state index < -0.39 is 0 Å². The molecule has 1 unspecified atom stereocenters. The van der Waals surface area contributed by atoms with Crippen molar-refractivity contribution in [1.29, 1.82) is 0 Å². The number of methoxy groups -OCH3 is 1. The first kappa shape index (κ1) is 12.0. The van der Waals surface area contributed by atoms with Crippen LogP contribution < -0.4 is 4.74 Å². The maximum absolute atomic E-state index is 6.08. The maximum atomic E-state index is 6.08. The van der Waals surface area contributed by atoms with E-state index in [0.29, 0.717) is 0 Å². The summed E-state index contributed by atoms with van der Waals surface area (Å²) in [7, 11) is 1.68. The molecule has 2 rings (SSSR count). The Hall–Kier alpha value is -0.440. The predicted molar refractivity (Wildman–Crippen MR) is 67.5 cm³/mol. The minimum absolute atomic E-state index is 0.283. The van der Waals surface area contributed by atoms with Gasteiger partial charge in [0.2, 0.25) is 0 Å². The minimum Gasteiger partial charge on any atom is -0.496 e. The zero-order chi connectivity index (χ0) is 11.5. The number of ether oxygens (including phenoxy) is 1. The van der Waals surface area contributed by atoms with Crippen molar-refractivity contribution in [2.24, 2.45) is 0 Å². The van der Waals surface area contributed by atoms with E-state index in [1.54, 1.807) is 7.11 Å². The molecule has 88 valence electrons. The largest absolute Gasteiger partial charge is 0.496 e. The Kier molecular flexibility index (Phi) is 3.95. The first-order valence-corrected chi connectivity index (χ1v) is 6.19. The van der Waals surface area contributed by atoms with Gasteiger partial charge in [-0.2, -0.15) is 0 Å². The van der Waals surface area contributed by atoms with Crippen LogP contribution in [0.25, 0.3) is 0 Å². The van der Waals surface area contributed by atoms with E-state index in [9.17, 15) is 0 Å². The molecule has 2 nitrogen and oxygen atoms in total. The number of rotatable bonds is 3. The van der Waals surface area contributed by atoms with Gasteiger partial charge in [0, 0.05) is 29.1 Å². The van der Waals surface area contributed by atoms with Crippen molar-refractivity contribution >= 4 is 23.2 Å². The molecule has 0 amide bonds. The van der Waals surface area contributed by atoms with Gasteiger partial charge in [-0.05, 0) is 31.2 Å². The molecule has 0 saturated carbocycles. The molecule has 0 bridgehead atoms. The molecule has 0 radical (unpaired) electrons. The quantitative estimate of drug-likeness (QED) is 0.774. The average Bonchev–Trinajstić information content (AvgIpc) is 2.64. The van der Waals surface area contributed by atoms with Crippen molar-refractivity contribution < 1.29 is 4.74 Å². The third kappa shape index (κ3) is 2.82. The van der Waals surface area contributed by atoms with Crippen molar-refractivity contribution in [3.8, 4) is 5.75 Å². The van der Waals surface area contributed by atoms with E-state index in [4.69, 9.17) is 27.9 Å². The van der Waals surface area contributed by atoms with E-state index in [1.807, 2.05) is 18.2 Å². The normalized spacial score (nSPS) is 21.3. The Bertz CT molecular complexity index is 370. The smallest absolute Gasteiger partial charge is 0.123 e. The highest BCUT2D eigenvalue weighted by Gasteiger charge is 2.21. The van der Waals surface area contributed by atoms with Crippen LogP contribution in [0, 0.1) is 0 Å². The van der Waals surface area contributed by atoms with E-state index in [0.717, 1.165) is 42.4 Å². The SMILES string of the molecule is COc1ccc(Cl)cc1CN1CCC(Cl)C1. The summed E-state index contributed by atoms with van der Waals surface area (Å²) in [5.41, 5.74) is 1.13. The lowest BCUT2D eigenvalue weighted by Crippen LogP contribution is -2.20.